The number of aliphatic hydroxyl groups excluding tert-OH is 1. The zero-order chi connectivity index (χ0) is 20.7. The number of halogens is 1. The van der Waals surface area contributed by atoms with Crippen LogP contribution in [0.2, 0.25) is 0 Å². The first kappa shape index (κ1) is 19.9. The molecule has 3 aromatic rings. The molecule has 152 valence electrons. The summed E-state index contributed by atoms with van der Waals surface area (Å²) < 4.78 is 12.7. The average molecular weight is 460 g/mol. The SMILES string of the molecule is COc1cc(O)c2c(=O)cc(-c3ccc(Br)cc3)oc2c1[C@H]1CCN(C)[C@@H]1CO. The normalized spacial score (nSPS) is 19.7. The van der Waals surface area contributed by atoms with E-state index in [0.29, 0.717) is 22.7 Å². The van der Waals surface area contributed by atoms with Crippen LogP contribution in [0.1, 0.15) is 17.9 Å². The van der Waals surface area contributed by atoms with E-state index in [9.17, 15) is 15.0 Å². The second-order valence-electron chi connectivity index (χ2n) is 7.32. The Balaban J connectivity index is 2.01. The van der Waals surface area contributed by atoms with Crippen molar-refractivity contribution in [2.45, 2.75) is 18.4 Å². The molecule has 2 heterocycles. The molecule has 0 amide bonds. The molecule has 4 rings (SSSR count). The van der Waals surface area contributed by atoms with Crippen LogP contribution in [-0.4, -0.2) is 48.5 Å². The predicted molar refractivity (Wildman–Crippen MR) is 115 cm³/mol. The summed E-state index contributed by atoms with van der Waals surface area (Å²) in [4.78, 5) is 15.0. The Hall–Kier alpha value is -2.35. The molecular weight excluding hydrogens is 438 g/mol. The van der Waals surface area contributed by atoms with Crippen molar-refractivity contribution in [3.05, 3.63) is 56.7 Å². The number of benzene rings is 2. The van der Waals surface area contributed by atoms with Crippen molar-refractivity contribution in [1.29, 1.82) is 0 Å². The molecule has 29 heavy (non-hydrogen) atoms. The zero-order valence-corrected chi connectivity index (χ0v) is 17.8. The van der Waals surface area contributed by atoms with Gasteiger partial charge in [0.15, 0.2) is 5.43 Å². The fourth-order valence-electron chi connectivity index (χ4n) is 4.20. The third-order valence-electron chi connectivity index (χ3n) is 5.71. The lowest BCUT2D eigenvalue weighted by molar-refractivity contribution is 0.171. The van der Waals surface area contributed by atoms with Gasteiger partial charge in [-0.2, -0.15) is 0 Å². The first-order valence-electron chi connectivity index (χ1n) is 9.39. The summed E-state index contributed by atoms with van der Waals surface area (Å²) in [6, 6.07) is 10.2. The smallest absolute Gasteiger partial charge is 0.197 e. The van der Waals surface area contributed by atoms with Gasteiger partial charge in [-0.15, -0.1) is 0 Å². The molecule has 1 saturated heterocycles. The van der Waals surface area contributed by atoms with E-state index in [1.54, 1.807) is 0 Å². The predicted octanol–water partition coefficient (Wildman–Crippen LogP) is 3.72. The third-order valence-corrected chi connectivity index (χ3v) is 6.24. The van der Waals surface area contributed by atoms with Gasteiger partial charge in [0.2, 0.25) is 0 Å². The van der Waals surface area contributed by atoms with Gasteiger partial charge < -0.3 is 24.3 Å². The second kappa shape index (κ2) is 7.82. The molecule has 1 aromatic heterocycles. The summed E-state index contributed by atoms with van der Waals surface area (Å²) in [6.07, 6.45) is 0.782. The van der Waals surface area contributed by atoms with Gasteiger partial charge in [0, 0.05) is 39.7 Å². The van der Waals surface area contributed by atoms with Crippen LogP contribution in [0, 0.1) is 0 Å². The maximum Gasteiger partial charge on any atom is 0.197 e. The van der Waals surface area contributed by atoms with Crippen LogP contribution in [0.3, 0.4) is 0 Å². The molecule has 0 spiro atoms. The van der Waals surface area contributed by atoms with Gasteiger partial charge in [-0.3, -0.25) is 4.79 Å². The second-order valence-corrected chi connectivity index (χ2v) is 8.24. The van der Waals surface area contributed by atoms with E-state index in [1.165, 1.54) is 19.2 Å². The Morgan fingerprint density at radius 2 is 2.00 bits per heavy atom. The van der Waals surface area contributed by atoms with E-state index in [4.69, 9.17) is 9.15 Å². The van der Waals surface area contributed by atoms with Gasteiger partial charge in [0.1, 0.15) is 28.2 Å². The minimum Gasteiger partial charge on any atom is -0.507 e. The molecule has 2 aromatic carbocycles. The summed E-state index contributed by atoms with van der Waals surface area (Å²) in [5, 5.41) is 20.6. The summed E-state index contributed by atoms with van der Waals surface area (Å²) in [5.74, 6) is 0.593. The fourth-order valence-corrected chi connectivity index (χ4v) is 4.46. The summed E-state index contributed by atoms with van der Waals surface area (Å²) >= 11 is 3.41. The van der Waals surface area contributed by atoms with E-state index in [0.717, 1.165) is 23.0 Å². The Morgan fingerprint density at radius 1 is 1.28 bits per heavy atom. The minimum absolute atomic E-state index is 0.0245. The lowest BCUT2D eigenvalue weighted by Gasteiger charge is -2.25. The molecule has 0 saturated carbocycles. The molecule has 6 nitrogen and oxygen atoms in total. The van der Waals surface area contributed by atoms with Crippen molar-refractivity contribution in [1.82, 2.24) is 4.90 Å². The number of methoxy groups -OCH3 is 1. The van der Waals surface area contributed by atoms with Gasteiger partial charge in [-0.25, -0.2) is 0 Å². The van der Waals surface area contributed by atoms with E-state index in [2.05, 4.69) is 20.8 Å². The molecule has 2 N–H and O–H groups in total. The number of rotatable bonds is 4. The van der Waals surface area contributed by atoms with Crippen LogP contribution in [0.5, 0.6) is 11.5 Å². The van der Waals surface area contributed by atoms with Gasteiger partial charge >= 0.3 is 0 Å². The van der Waals surface area contributed by atoms with Gasteiger partial charge in [0.05, 0.1) is 13.7 Å². The molecular formula is C22H22BrNO5. The molecule has 2 atom stereocenters. The number of hydrogen-bond acceptors (Lipinski definition) is 6. The van der Waals surface area contributed by atoms with Crippen molar-refractivity contribution in [2.75, 3.05) is 27.3 Å². The van der Waals surface area contributed by atoms with E-state index in [1.807, 2.05) is 31.3 Å². The minimum atomic E-state index is -0.322. The lowest BCUT2D eigenvalue weighted by Crippen LogP contribution is -2.32. The number of aliphatic hydroxyl groups is 1. The number of nitrogens with zero attached hydrogens (tertiary/aromatic N) is 1. The Morgan fingerprint density at radius 3 is 2.66 bits per heavy atom. The first-order valence-corrected chi connectivity index (χ1v) is 10.2. The highest BCUT2D eigenvalue weighted by molar-refractivity contribution is 9.10. The zero-order valence-electron chi connectivity index (χ0n) is 16.2. The number of likely N-dealkylation sites (N-methyl/N-ethyl adjacent to an activating group) is 1. The van der Waals surface area contributed by atoms with Crippen LogP contribution < -0.4 is 10.2 Å². The average Bonchev–Trinajstić information content (AvgIpc) is 3.07. The van der Waals surface area contributed by atoms with E-state index < -0.39 is 0 Å². The number of phenols is 1. The Bertz CT molecular complexity index is 1110. The van der Waals surface area contributed by atoms with Crippen molar-refractivity contribution in [3.63, 3.8) is 0 Å². The van der Waals surface area contributed by atoms with Crippen LogP contribution in [-0.2, 0) is 0 Å². The molecule has 0 bridgehead atoms. The van der Waals surface area contributed by atoms with Crippen LogP contribution >= 0.6 is 15.9 Å². The Kier molecular flexibility index (Phi) is 5.38. The highest BCUT2D eigenvalue weighted by Crippen LogP contribution is 2.44. The monoisotopic (exact) mass is 459 g/mol. The van der Waals surface area contributed by atoms with Crippen LogP contribution in [0.25, 0.3) is 22.3 Å². The molecule has 0 aliphatic carbocycles. The standard InChI is InChI=1S/C22H22BrNO5/c1-24-8-7-14(15(24)11-25)20-19(28-2)10-17(27)21-16(26)9-18(29-22(20)21)12-3-5-13(23)6-4-12/h3-6,9-10,14-15,25,27H,7-8,11H2,1-2H3/t14-,15+/m0/s1. The maximum atomic E-state index is 12.9. The van der Waals surface area contributed by atoms with Gasteiger partial charge in [-0.05, 0) is 32.1 Å². The first-order chi connectivity index (χ1) is 13.9. The number of likely N-dealkylation sites (tertiary alicyclic amines) is 1. The fraction of sp³-hybridized carbons (Fsp3) is 0.318. The molecule has 0 radical (unpaired) electrons. The van der Waals surface area contributed by atoms with Crippen molar-refractivity contribution >= 4 is 26.9 Å². The number of ether oxygens (including phenoxy) is 1. The number of fused-ring (bicyclic) bond motifs is 1. The summed E-state index contributed by atoms with van der Waals surface area (Å²) in [7, 11) is 3.48. The maximum absolute atomic E-state index is 12.9. The molecule has 1 aliphatic heterocycles. The number of phenolic OH excluding ortho intramolecular Hbond substituents is 1. The quantitative estimate of drug-likeness (QED) is 0.618. The molecule has 7 heteroatoms. The highest BCUT2D eigenvalue weighted by atomic mass is 79.9. The van der Waals surface area contributed by atoms with Gasteiger partial charge in [0.25, 0.3) is 0 Å². The third kappa shape index (κ3) is 3.43. The topological polar surface area (TPSA) is 83.1 Å². The van der Waals surface area contributed by atoms with Crippen molar-refractivity contribution < 1.29 is 19.4 Å². The lowest BCUT2D eigenvalue weighted by atomic mass is 9.89. The van der Waals surface area contributed by atoms with Crippen molar-refractivity contribution in [2.24, 2.45) is 0 Å². The van der Waals surface area contributed by atoms with Crippen LogP contribution in [0.4, 0.5) is 0 Å². The number of aromatic hydroxyl groups is 1. The van der Waals surface area contributed by atoms with Gasteiger partial charge in [-0.1, -0.05) is 28.1 Å². The summed E-state index contributed by atoms with van der Waals surface area (Å²) in [6.45, 7) is 0.779. The van der Waals surface area contributed by atoms with Crippen LogP contribution in [0.15, 0.2) is 50.1 Å². The highest BCUT2D eigenvalue weighted by Gasteiger charge is 2.37. The summed E-state index contributed by atoms with van der Waals surface area (Å²) in [5.41, 5.74) is 1.45. The molecule has 1 aliphatic rings. The Labute approximate surface area is 176 Å². The molecule has 1 fully saturated rings. The molecule has 0 unspecified atom stereocenters. The largest absolute Gasteiger partial charge is 0.507 e. The van der Waals surface area contributed by atoms with E-state index >= 15 is 0 Å². The number of hydrogen-bond donors (Lipinski definition) is 2. The van der Waals surface area contributed by atoms with Crippen molar-refractivity contribution in [3.8, 4) is 22.8 Å². The van der Waals surface area contributed by atoms with E-state index in [-0.39, 0.29) is 35.1 Å².